The number of rotatable bonds is 12. The van der Waals surface area contributed by atoms with Gasteiger partial charge in [-0.25, -0.2) is 8.42 Å². The lowest BCUT2D eigenvalue weighted by atomic mass is 10.0. The van der Waals surface area contributed by atoms with Crippen LogP contribution in [0.15, 0.2) is 97.1 Å². The number of anilines is 1. The van der Waals surface area contributed by atoms with Crippen LogP contribution in [0.25, 0.3) is 10.8 Å². The molecular weight excluding hydrogens is 534 g/mol. The van der Waals surface area contributed by atoms with Gasteiger partial charge in [-0.3, -0.25) is 13.9 Å². The SMILES string of the molecule is CCCNC(=O)C(Cc1ccccc1)N(Cc1ccccc1C)C(=O)CN(c1cccc2ccccc12)S(C)(=O)=O. The maximum absolute atomic E-state index is 14.3. The first kappa shape index (κ1) is 29.8. The third kappa shape index (κ3) is 7.52. The van der Waals surface area contributed by atoms with E-state index in [1.807, 2.05) is 98.8 Å². The van der Waals surface area contributed by atoms with Crippen LogP contribution in [0.4, 0.5) is 5.69 Å². The lowest BCUT2D eigenvalue weighted by Gasteiger charge is -2.34. The molecule has 1 atom stereocenters. The summed E-state index contributed by atoms with van der Waals surface area (Å²) in [4.78, 5) is 29.4. The van der Waals surface area contributed by atoms with Gasteiger partial charge in [0, 0.05) is 24.9 Å². The van der Waals surface area contributed by atoms with E-state index in [0.717, 1.165) is 44.4 Å². The van der Waals surface area contributed by atoms with Gasteiger partial charge in [0.25, 0.3) is 0 Å². The van der Waals surface area contributed by atoms with Gasteiger partial charge in [0.1, 0.15) is 12.6 Å². The summed E-state index contributed by atoms with van der Waals surface area (Å²) in [6.45, 7) is 4.12. The zero-order valence-electron chi connectivity index (χ0n) is 23.8. The standard InChI is InChI=1S/C33H37N3O4S/c1-4-21-34-33(38)31(22-26-14-6-5-7-15-26)35(23-28-17-9-8-13-25(28)2)32(37)24-36(41(3,39)40)30-20-12-18-27-16-10-11-19-29(27)30/h5-20,31H,4,21-24H2,1-3H3,(H,34,38). The summed E-state index contributed by atoms with van der Waals surface area (Å²) in [5.41, 5.74) is 3.19. The van der Waals surface area contributed by atoms with E-state index < -0.39 is 28.5 Å². The molecule has 4 aromatic rings. The normalized spacial score (nSPS) is 12.1. The Labute approximate surface area is 242 Å². The number of nitrogens with zero attached hydrogens (tertiary/aromatic N) is 2. The van der Waals surface area contributed by atoms with E-state index in [9.17, 15) is 18.0 Å². The van der Waals surface area contributed by atoms with Crippen molar-refractivity contribution in [1.82, 2.24) is 10.2 Å². The molecule has 0 heterocycles. The molecule has 7 nitrogen and oxygen atoms in total. The van der Waals surface area contributed by atoms with E-state index >= 15 is 0 Å². The van der Waals surface area contributed by atoms with Crippen LogP contribution in [0.1, 0.15) is 30.0 Å². The van der Waals surface area contributed by atoms with Crippen molar-refractivity contribution in [1.29, 1.82) is 0 Å². The van der Waals surface area contributed by atoms with Crippen molar-refractivity contribution in [2.24, 2.45) is 0 Å². The lowest BCUT2D eigenvalue weighted by Crippen LogP contribution is -2.53. The summed E-state index contributed by atoms with van der Waals surface area (Å²) in [6.07, 6.45) is 2.14. The molecule has 0 aliphatic carbocycles. The summed E-state index contributed by atoms with van der Waals surface area (Å²) >= 11 is 0. The Kier molecular flexibility index (Phi) is 9.78. The Balaban J connectivity index is 1.78. The number of fused-ring (bicyclic) bond motifs is 1. The number of nitrogens with one attached hydrogen (secondary N) is 1. The molecule has 8 heteroatoms. The van der Waals surface area contributed by atoms with Crippen molar-refractivity contribution in [2.45, 2.75) is 39.3 Å². The molecule has 0 saturated heterocycles. The molecule has 0 aromatic heterocycles. The quantitative estimate of drug-likeness (QED) is 0.257. The second kappa shape index (κ2) is 13.5. The smallest absolute Gasteiger partial charge is 0.244 e. The molecule has 0 bridgehead atoms. The molecule has 0 saturated carbocycles. The van der Waals surface area contributed by atoms with E-state index in [4.69, 9.17) is 0 Å². The minimum Gasteiger partial charge on any atom is -0.354 e. The molecule has 0 fully saturated rings. The summed E-state index contributed by atoms with van der Waals surface area (Å²) in [5.74, 6) is -0.729. The first-order chi connectivity index (χ1) is 19.7. The molecular formula is C33H37N3O4S. The molecule has 0 radical (unpaired) electrons. The van der Waals surface area contributed by atoms with Crippen molar-refractivity contribution in [3.8, 4) is 0 Å². The highest BCUT2D eigenvalue weighted by Gasteiger charge is 2.33. The number of carbonyl (C=O) groups is 2. The lowest BCUT2D eigenvalue weighted by molar-refractivity contribution is -0.140. The summed E-state index contributed by atoms with van der Waals surface area (Å²) < 4.78 is 27.5. The van der Waals surface area contributed by atoms with Crippen molar-refractivity contribution in [3.63, 3.8) is 0 Å². The number of carbonyl (C=O) groups excluding carboxylic acids is 2. The molecule has 4 aromatic carbocycles. The van der Waals surface area contributed by atoms with Crippen LogP contribution in [-0.4, -0.2) is 50.5 Å². The second-order valence-corrected chi connectivity index (χ2v) is 12.1. The van der Waals surface area contributed by atoms with E-state index in [1.165, 1.54) is 4.90 Å². The minimum atomic E-state index is -3.85. The van der Waals surface area contributed by atoms with Gasteiger partial charge < -0.3 is 10.2 Å². The van der Waals surface area contributed by atoms with Crippen LogP contribution in [0, 0.1) is 6.92 Å². The fourth-order valence-electron chi connectivity index (χ4n) is 4.91. The molecule has 4 rings (SSSR count). The molecule has 0 aliphatic rings. The zero-order chi connectivity index (χ0) is 29.4. The number of hydrogen-bond acceptors (Lipinski definition) is 4. The van der Waals surface area contributed by atoms with Crippen LogP contribution in [0.3, 0.4) is 0 Å². The molecule has 0 spiro atoms. The van der Waals surface area contributed by atoms with Crippen LogP contribution >= 0.6 is 0 Å². The van der Waals surface area contributed by atoms with Gasteiger partial charge in [-0.2, -0.15) is 0 Å². The number of sulfonamides is 1. The molecule has 214 valence electrons. The molecule has 0 aliphatic heterocycles. The predicted octanol–water partition coefficient (Wildman–Crippen LogP) is 5.08. The van der Waals surface area contributed by atoms with E-state index in [-0.39, 0.29) is 12.5 Å². The van der Waals surface area contributed by atoms with Crippen molar-refractivity contribution >= 4 is 38.3 Å². The van der Waals surface area contributed by atoms with Crippen LogP contribution < -0.4 is 9.62 Å². The highest BCUT2D eigenvalue weighted by Crippen LogP contribution is 2.29. The van der Waals surface area contributed by atoms with Gasteiger partial charge in [-0.05, 0) is 41.5 Å². The third-order valence-corrected chi connectivity index (χ3v) is 8.26. The average molecular weight is 572 g/mol. The van der Waals surface area contributed by atoms with Crippen molar-refractivity contribution in [2.75, 3.05) is 23.7 Å². The van der Waals surface area contributed by atoms with Crippen LogP contribution in [0.2, 0.25) is 0 Å². The predicted molar refractivity (Wildman–Crippen MR) is 165 cm³/mol. The Bertz CT molecular complexity index is 1600. The Morgan fingerprint density at radius 3 is 2.22 bits per heavy atom. The fourth-order valence-corrected chi connectivity index (χ4v) is 5.77. The van der Waals surface area contributed by atoms with Gasteiger partial charge in [0.15, 0.2) is 0 Å². The highest BCUT2D eigenvalue weighted by molar-refractivity contribution is 7.92. The summed E-state index contributed by atoms with van der Waals surface area (Å²) in [5, 5.41) is 4.55. The molecule has 1 unspecified atom stereocenters. The summed E-state index contributed by atoms with van der Waals surface area (Å²) in [7, 11) is -3.85. The maximum atomic E-state index is 14.3. The van der Waals surface area contributed by atoms with E-state index in [0.29, 0.717) is 18.7 Å². The van der Waals surface area contributed by atoms with Crippen LogP contribution in [-0.2, 0) is 32.6 Å². The van der Waals surface area contributed by atoms with E-state index in [1.54, 1.807) is 12.1 Å². The fraction of sp³-hybridized carbons (Fsp3) is 0.273. The largest absolute Gasteiger partial charge is 0.354 e. The number of amides is 2. The van der Waals surface area contributed by atoms with Gasteiger partial charge in [0.05, 0.1) is 11.9 Å². The number of hydrogen-bond donors (Lipinski definition) is 1. The highest BCUT2D eigenvalue weighted by atomic mass is 32.2. The first-order valence-corrected chi connectivity index (χ1v) is 15.6. The Morgan fingerprint density at radius 1 is 0.854 bits per heavy atom. The second-order valence-electron chi connectivity index (χ2n) is 10.2. The number of aryl methyl sites for hydroxylation is 1. The topological polar surface area (TPSA) is 86.8 Å². The minimum absolute atomic E-state index is 0.162. The van der Waals surface area contributed by atoms with Gasteiger partial charge in [-0.15, -0.1) is 0 Å². The Hall–Kier alpha value is -4.17. The zero-order valence-corrected chi connectivity index (χ0v) is 24.6. The van der Waals surface area contributed by atoms with Crippen LogP contribution in [0.5, 0.6) is 0 Å². The monoisotopic (exact) mass is 571 g/mol. The van der Waals surface area contributed by atoms with Gasteiger partial charge in [-0.1, -0.05) is 97.9 Å². The van der Waals surface area contributed by atoms with E-state index in [2.05, 4.69) is 5.32 Å². The maximum Gasteiger partial charge on any atom is 0.244 e. The van der Waals surface area contributed by atoms with Gasteiger partial charge in [0.2, 0.25) is 21.8 Å². The summed E-state index contributed by atoms with van der Waals surface area (Å²) in [6, 6.07) is 29.3. The van der Waals surface area contributed by atoms with Crippen molar-refractivity contribution in [3.05, 3.63) is 114 Å². The first-order valence-electron chi connectivity index (χ1n) is 13.8. The third-order valence-electron chi connectivity index (χ3n) is 7.14. The van der Waals surface area contributed by atoms with Crippen molar-refractivity contribution < 1.29 is 18.0 Å². The number of benzene rings is 4. The Morgan fingerprint density at radius 2 is 1.51 bits per heavy atom. The molecule has 41 heavy (non-hydrogen) atoms. The van der Waals surface area contributed by atoms with Gasteiger partial charge >= 0.3 is 0 Å². The molecule has 2 amide bonds. The molecule has 1 N–H and O–H groups in total. The average Bonchev–Trinajstić information content (AvgIpc) is 2.97.